The van der Waals surface area contributed by atoms with Crippen molar-refractivity contribution in [2.75, 3.05) is 7.11 Å². The van der Waals surface area contributed by atoms with E-state index < -0.39 is 0 Å². The Kier molecular flexibility index (Phi) is 5.46. The van der Waals surface area contributed by atoms with Crippen molar-refractivity contribution in [2.45, 2.75) is 25.8 Å². The Morgan fingerprint density at radius 2 is 1.63 bits per heavy atom. The lowest BCUT2D eigenvalue weighted by atomic mass is 9.95. The molecule has 0 spiro atoms. The van der Waals surface area contributed by atoms with Crippen molar-refractivity contribution in [1.82, 2.24) is 8.97 Å². The van der Waals surface area contributed by atoms with Crippen LogP contribution >= 0.6 is 11.6 Å². The molecular weight excluding hydrogens is 456 g/mol. The minimum atomic E-state index is -0.00353. The third-order valence-corrected chi connectivity index (χ3v) is 7.16. The van der Waals surface area contributed by atoms with Crippen LogP contribution in [0.2, 0.25) is 5.02 Å². The summed E-state index contributed by atoms with van der Waals surface area (Å²) >= 11 is 6.22. The standard InChI is InChI=1S/C30H25ClN2O2/c1-35-24-16-12-22(13-17-24)29(34)28-27(21-10-14-23(31)15-11-21)25-9-5-6-18-32-26(19-33(28)30(25)32)20-7-3-2-4-8-20/h2-4,7-8,10-17,19H,5-6,9,18H2,1H3. The maximum absolute atomic E-state index is 14.1. The van der Waals surface area contributed by atoms with Gasteiger partial charge in [0, 0.05) is 34.5 Å². The van der Waals surface area contributed by atoms with E-state index in [1.807, 2.05) is 54.6 Å². The van der Waals surface area contributed by atoms with Crippen LogP contribution in [0.25, 0.3) is 28.0 Å². The molecule has 0 saturated heterocycles. The van der Waals surface area contributed by atoms with Gasteiger partial charge in [-0.05, 0) is 66.8 Å². The molecule has 3 heterocycles. The first-order chi connectivity index (χ1) is 17.2. The number of hydrogen-bond acceptors (Lipinski definition) is 2. The third kappa shape index (κ3) is 3.65. The zero-order valence-corrected chi connectivity index (χ0v) is 20.3. The first-order valence-electron chi connectivity index (χ1n) is 11.9. The molecule has 0 bridgehead atoms. The zero-order valence-electron chi connectivity index (χ0n) is 19.5. The van der Waals surface area contributed by atoms with Crippen LogP contribution in [0, 0.1) is 0 Å². The summed E-state index contributed by atoms with van der Waals surface area (Å²) in [6.07, 6.45) is 5.23. The molecule has 35 heavy (non-hydrogen) atoms. The van der Waals surface area contributed by atoms with Crippen LogP contribution in [-0.4, -0.2) is 21.9 Å². The number of imidazole rings is 1. The van der Waals surface area contributed by atoms with Crippen LogP contribution in [0.5, 0.6) is 5.75 Å². The van der Waals surface area contributed by atoms with Gasteiger partial charge in [-0.15, -0.1) is 0 Å². The van der Waals surface area contributed by atoms with Crippen molar-refractivity contribution in [3.8, 4) is 28.1 Å². The van der Waals surface area contributed by atoms with E-state index in [1.54, 1.807) is 7.11 Å². The summed E-state index contributed by atoms with van der Waals surface area (Å²) in [5.41, 5.74) is 7.98. The summed E-state index contributed by atoms with van der Waals surface area (Å²) in [7, 11) is 1.63. The van der Waals surface area contributed by atoms with Gasteiger partial charge in [0.15, 0.2) is 0 Å². The Morgan fingerprint density at radius 3 is 2.34 bits per heavy atom. The van der Waals surface area contributed by atoms with E-state index >= 15 is 0 Å². The Morgan fingerprint density at radius 1 is 0.886 bits per heavy atom. The molecular formula is C30H25ClN2O2. The molecule has 1 aliphatic heterocycles. The second-order valence-corrected chi connectivity index (χ2v) is 9.39. The van der Waals surface area contributed by atoms with Gasteiger partial charge in [0.05, 0.1) is 12.8 Å². The molecule has 0 N–H and O–H groups in total. The van der Waals surface area contributed by atoms with Gasteiger partial charge < -0.3 is 9.30 Å². The largest absolute Gasteiger partial charge is 0.497 e. The summed E-state index contributed by atoms with van der Waals surface area (Å²) in [5.74, 6) is 0.726. The van der Waals surface area contributed by atoms with Crippen molar-refractivity contribution in [1.29, 1.82) is 0 Å². The minimum absolute atomic E-state index is 0.00353. The number of aromatic nitrogens is 2. The zero-order chi connectivity index (χ0) is 23.9. The summed E-state index contributed by atoms with van der Waals surface area (Å²) in [6, 6.07) is 25.6. The van der Waals surface area contributed by atoms with Gasteiger partial charge in [0.25, 0.3) is 0 Å². The van der Waals surface area contributed by atoms with Gasteiger partial charge in [0.2, 0.25) is 5.78 Å². The van der Waals surface area contributed by atoms with Crippen molar-refractivity contribution >= 4 is 23.0 Å². The molecule has 174 valence electrons. The van der Waals surface area contributed by atoms with E-state index in [9.17, 15) is 4.79 Å². The number of nitrogens with zero attached hydrogens (tertiary/aromatic N) is 2. The maximum Gasteiger partial charge on any atom is 0.210 e. The van der Waals surface area contributed by atoms with Gasteiger partial charge in [-0.25, -0.2) is 0 Å². The Hall–Kier alpha value is -3.76. The first kappa shape index (κ1) is 21.8. The molecule has 4 nitrogen and oxygen atoms in total. The van der Waals surface area contributed by atoms with Gasteiger partial charge in [-0.2, -0.15) is 0 Å². The topological polar surface area (TPSA) is 35.6 Å². The number of rotatable bonds is 5. The fourth-order valence-corrected chi connectivity index (χ4v) is 5.38. The van der Waals surface area contributed by atoms with Gasteiger partial charge >= 0.3 is 0 Å². The Bertz CT molecular complexity index is 1530. The van der Waals surface area contributed by atoms with E-state index in [0.29, 0.717) is 16.3 Å². The van der Waals surface area contributed by atoms with Crippen molar-refractivity contribution < 1.29 is 9.53 Å². The van der Waals surface area contributed by atoms with Crippen LogP contribution in [0.15, 0.2) is 85.1 Å². The summed E-state index contributed by atoms with van der Waals surface area (Å²) < 4.78 is 9.82. The van der Waals surface area contributed by atoms with Gasteiger partial charge in [0.1, 0.15) is 17.1 Å². The number of aryl methyl sites for hydroxylation is 2. The number of benzene rings is 3. The predicted molar refractivity (Wildman–Crippen MR) is 141 cm³/mol. The normalized spacial score (nSPS) is 13.1. The van der Waals surface area contributed by atoms with Crippen molar-refractivity contribution in [3.63, 3.8) is 0 Å². The number of ether oxygens (including phenoxy) is 1. The average molecular weight is 481 g/mol. The average Bonchev–Trinajstić information content (AvgIpc) is 3.32. The fourth-order valence-electron chi connectivity index (χ4n) is 5.25. The second kappa shape index (κ2) is 8.79. The minimum Gasteiger partial charge on any atom is -0.497 e. The molecule has 1 aliphatic rings. The highest BCUT2D eigenvalue weighted by atomic mass is 35.5. The predicted octanol–water partition coefficient (Wildman–Crippen LogP) is 7.30. The molecule has 0 amide bonds. The molecule has 5 heteroatoms. The van der Waals surface area contributed by atoms with Crippen LogP contribution in [0.1, 0.15) is 34.5 Å². The molecule has 0 radical (unpaired) electrons. The molecule has 0 atom stereocenters. The smallest absolute Gasteiger partial charge is 0.210 e. The van der Waals surface area contributed by atoms with Crippen LogP contribution in [0.3, 0.4) is 0 Å². The van der Waals surface area contributed by atoms with E-state index in [0.717, 1.165) is 59.6 Å². The van der Waals surface area contributed by atoms with Crippen LogP contribution in [-0.2, 0) is 13.0 Å². The van der Waals surface area contributed by atoms with E-state index in [2.05, 4.69) is 39.4 Å². The molecule has 0 unspecified atom stereocenters. The number of carbonyl (C=O) groups is 1. The van der Waals surface area contributed by atoms with Gasteiger partial charge in [-0.1, -0.05) is 54.1 Å². The summed E-state index contributed by atoms with van der Waals surface area (Å²) in [6.45, 7) is 0.925. The SMILES string of the molecule is COc1ccc(C(=O)c2c(-c3ccc(Cl)cc3)c3c4n(c(-c5ccccc5)cn24)CCCC3)cc1. The Labute approximate surface area is 209 Å². The summed E-state index contributed by atoms with van der Waals surface area (Å²) in [4.78, 5) is 14.1. The number of methoxy groups -OCH3 is 1. The number of halogens is 1. The number of ketones is 1. The highest BCUT2D eigenvalue weighted by molar-refractivity contribution is 6.30. The van der Waals surface area contributed by atoms with E-state index in [-0.39, 0.29) is 5.78 Å². The van der Waals surface area contributed by atoms with E-state index in [4.69, 9.17) is 16.3 Å². The quantitative estimate of drug-likeness (QED) is 0.247. The van der Waals surface area contributed by atoms with Crippen LogP contribution in [0.4, 0.5) is 0 Å². The molecule has 0 aliphatic carbocycles. The molecule has 0 fully saturated rings. The molecule has 2 aromatic heterocycles. The molecule has 3 aromatic carbocycles. The first-order valence-corrected chi connectivity index (χ1v) is 12.3. The molecule has 5 aromatic rings. The fraction of sp³-hybridized carbons (Fsp3) is 0.167. The lowest BCUT2D eigenvalue weighted by molar-refractivity contribution is 0.103. The third-order valence-electron chi connectivity index (χ3n) is 6.90. The second-order valence-electron chi connectivity index (χ2n) is 8.95. The summed E-state index contributed by atoms with van der Waals surface area (Å²) in [5, 5.41) is 0.683. The van der Waals surface area contributed by atoms with Crippen molar-refractivity contribution in [2.24, 2.45) is 0 Å². The maximum atomic E-state index is 14.1. The lowest BCUT2D eigenvalue weighted by Gasteiger charge is -2.10. The monoisotopic (exact) mass is 480 g/mol. The van der Waals surface area contributed by atoms with Crippen LogP contribution < -0.4 is 4.74 Å². The van der Waals surface area contributed by atoms with Gasteiger partial charge in [-0.3, -0.25) is 9.20 Å². The Balaban J connectivity index is 1.66. The number of carbonyl (C=O) groups excluding carboxylic acids is 1. The molecule has 0 saturated carbocycles. The highest BCUT2D eigenvalue weighted by Gasteiger charge is 2.30. The lowest BCUT2D eigenvalue weighted by Crippen LogP contribution is -2.06. The van der Waals surface area contributed by atoms with Crippen molar-refractivity contribution in [3.05, 3.63) is 107 Å². The number of hydrogen-bond donors (Lipinski definition) is 0. The highest BCUT2D eigenvalue weighted by Crippen LogP contribution is 2.40. The molecule has 6 rings (SSSR count). The van der Waals surface area contributed by atoms with E-state index in [1.165, 1.54) is 5.56 Å².